The van der Waals surface area contributed by atoms with E-state index in [9.17, 15) is 0 Å². The third kappa shape index (κ3) is 2.58. The standard InChI is InChI=1S/C11H14N4O/c1-15-7-9(5-14-15)8-16-11-3-2-10(4-12)13-6-11/h2-3,5-7H,4,8,12H2,1H3. The molecular formula is C11H14N4O. The normalized spacial score (nSPS) is 10.4. The lowest BCUT2D eigenvalue weighted by molar-refractivity contribution is 0.304. The number of hydrogen-bond donors (Lipinski definition) is 1. The molecule has 0 saturated heterocycles. The van der Waals surface area contributed by atoms with E-state index in [1.54, 1.807) is 17.1 Å². The van der Waals surface area contributed by atoms with Crippen molar-refractivity contribution in [3.8, 4) is 5.75 Å². The Labute approximate surface area is 93.9 Å². The average molecular weight is 218 g/mol. The van der Waals surface area contributed by atoms with Crippen molar-refractivity contribution < 1.29 is 4.74 Å². The highest BCUT2D eigenvalue weighted by atomic mass is 16.5. The van der Waals surface area contributed by atoms with Gasteiger partial charge in [-0.3, -0.25) is 9.67 Å². The van der Waals surface area contributed by atoms with E-state index in [0.29, 0.717) is 13.2 Å². The van der Waals surface area contributed by atoms with Gasteiger partial charge in [-0.2, -0.15) is 5.10 Å². The quantitative estimate of drug-likeness (QED) is 0.826. The van der Waals surface area contributed by atoms with Gasteiger partial charge in [-0.25, -0.2) is 0 Å². The van der Waals surface area contributed by atoms with Gasteiger partial charge >= 0.3 is 0 Å². The van der Waals surface area contributed by atoms with E-state index in [1.165, 1.54) is 0 Å². The van der Waals surface area contributed by atoms with Crippen LogP contribution in [0.25, 0.3) is 0 Å². The average Bonchev–Trinajstić information content (AvgIpc) is 2.73. The molecule has 5 nitrogen and oxygen atoms in total. The van der Waals surface area contributed by atoms with Gasteiger partial charge in [0.25, 0.3) is 0 Å². The van der Waals surface area contributed by atoms with E-state index >= 15 is 0 Å². The van der Waals surface area contributed by atoms with E-state index in [-0.39, 0.29) is 0 Å². The molecule has 0 amide bonds. The molecule has 0 saturated carbocycles. The smallest absolute Gasteiger partial charge is 0.138 e. The van der Waals surface area contributed by atoms with Crippen LogP contribution in [-0.2, 0) is 20.2 Å². The lowest BCUT2D eigenvalue weighted by atomic mass is 10.3. The lowest BCUT2D eigenvalue weighted by Gasteiger charge is -2.04. The summed E-state index contributed by atoms with van der Waals surface area (Å²) < 4.78 is 7.29. The molecule has 0 atom stereocenters. The number of ether oxygens (including phenoxy) is 1. The van der Waals surface area contributed by atoms with Crippen LogP contribution in [0.1, 0.15) is 11.3 Å². The SMILES string of the molecule is Cn1cc(COc2ccc(CN)nc2)cn1. The summed E-state index contributed by atoms with van der Waals surface area (Å²) in [4.78, 5) is 4.14. The molecule has 0 fully saturated rings. The summed E-state index contributed by atoms with van der Waals surface area (Å²) >= 11 is 0. The van der Waals surface area contributed by atoms with Crippen molar-refractivity contribution in [2.75, 3.05) is 0 Å². The first kappa shape index (κ1) is 10.6. The van der Waals surface area contributed by atoms with Gasteiger partial charge in [0.05, 0.1) is 18.1 Å². The topological polar surface area (TPSA) is 66.0 Å². The van der Waals surface area contributed by atoms with Crippen molar-refractivity contribution in [3.05, 3.63) is 42.0 Å². The molecule has 0 aliphatic heterocycles. The Morgan fingerprint density at radius 1 is 1.38 bits per heavy atom. The number of aromatic nitrogens is 3. The number of aryl methyl sites for hydroxylation is 1. The molecule has 0 aliphatic rings. The van der Waals surface area contributed by atoms with Crippen molar-refractivity contribution >= 4 is 0 Å². The summed E-state index contributed by atoms with van der Waals surface area (Å²) in [5.41, 5.74) is 7.34. The highest BCUT2D eigenvalue weighted by molar-refractivity contribution is 5.20. The Kier molecular flexibility index (Phi) is 3.16. The molecule has 2 aromatic rings. The Hall–Kier alpha value is -1.88. The Morgan fingerprint density at radius 3 is 2.81 bits per heavy atom. The molecule has 0 unspecified atom stereocenters. The predicted molar refractivity (Wildman–Crippen MR) is 59.7 cm³/mol. The summed E-state index contributed by atoms with van der Waals surface area (Å²) in [5, 5.41) is 4.06. The van der Waals surface area contributed by atoms with Crippen LogP contribution in [0.5, 0.6) is 5.75 Å². The zero-order chi connectivity index (χ0) is 11.4. The van der Waals surface area contributed by atoms with Gasteiger partial charge in [-0.05, 0) is 12.1 Å². The maximum Gasteiger partial charge on any atom is 0.138 e. The third-order valence-corrected chi connectivity index (χ3v) is 2.17. The van der Waals surface area contributed by atoms with Gasteiger partial charge in [0.15, 0.2) is 0 Å². The lowest BCUT2D eigenvalue weighted by Crippen LogP contribution is -2.00. The first-order valence-corrected chi connectivity index (χ1v) is 5.03. The molecule has 84 valence electrons. The van der Waals surface area contributed by atoms with Gasteiger partial charge in [-0.1, -0.05) is 0 Å². The maximum atomic E-state index is 5.55. The highest BCUT2D eigenvalue weighted by Gasteiger charge is 1.99. The second-order valence-corrected chi connectivity index (χ2v) is 3.50. The molecule has 0 aromatic carbocycles. The van der Waals surface area contributed by atoms with Crippen LogP contribution in [-0.4, -0.2) is 14.8 Å². The first-order chi connectivity index (χ1) is 7.78. The Bertz CT molecular complexity index is 449. The molecule has 2 N–H and O–H groups in total. The minimum Gasteiger partial charge on any atom is -0.487 e. The highest BCUT2D eigenvalue weighted by Crippen LogP contribution is 2.11. The fourth-order valence-electron chi connectivity index (χ4n) is 1.33. The fourth-order valence-corrected chi connectivity index (χ4v) is 1.33. The van der Waals surface area contributed by atoms with Crippen LogP contribution < -0.4 is 10.5 Å². The molecule has 0 aliphatic carbocycles. The van der Waals surface area contributed by atoms with E-state index < -0.39 is 0 Å². The molecule has 2 rings (SSSR count). The van der Waals surface area contributed by atoms with E-state index in [0.717, 1.165) is 17.0 Å². The van der Waals surface area contributed by atoms with E-state index in [1.807, 2.05) is 25.4 Å². The molecule has 0 spiro atoms. The minimum atomic E-state index is 0.447. The van der Waals surface area contributed by atoms with Crippen LogP contribution in [0.2, 0.25) is 0 Å². The van der Waals surface area contributed by atoms with Gasteiger partial charge in [0.1, 0.15) is 12.4 Å². The fraction of sp³-hybridized carbons (Fsp3) is 0.273. The van der Waals surface area contributed by atoms with E-state index in [4.69, 9.17) is 10.5 Å². The number of nitrogens with two attached hydrogens (primary N) is 1. The van der Waals surface area contributed by atoms with Crippen LogP contribution in [0, 0.1) is 0 Å². The summed E-state index contributed by atoms with van der Waals surface area (Å²) in [5.74, 6) is 0.737. The van der Waals surface area contributed by atoms with Crippen molar-refractivity contribution in [2.45, 2.75) is 13.2 Å². The van der Waals surface area contributed by atoms with Gasteiger partial charge in [0.2, 0.25) is 0 Å². The van der Waals surface area contributed by atoms with Gasteiger partial charge < -0.3 is 10.5 Å². The van der Waals surface area contributed by atoms with Gasteiger partial charge in [0, 0.05) is 25.4 Å². The first-order valence-electron chi connectivity index (χ1n) is 5.03. The largest absolute Gasteiger partial charge is 0.487 e. The second-order valence-electron chi connectivity index (χ2n) is 3.50. The number of hydrogen-bond acceptors (Lipinski definition) is 4. The zero-order valence-corrected chi connectivity index (χ0v) is 9.13. The zero-order valence-electron chi connectivity index (χ0n) is 9.13. The molecule has 16 heavy (non-hydrogen) atoms. The van der Waals surface area contributed by atoms with Crippen molar-refractivity contribution in [2.24, 2.45) is 12.8 Å². The molecular weight excluding hydrogens is 204 g/mol. The monoisotopic (exact) mass is 218 g/mol. The van der Waals surface area contributed by atoms with Gasteiger partial charge in [-0.15, -0.1) is 0 Å². The molecule has 0 bridgehead atoms. The Balaban J connectivity index is 1.94. The summed E-state index contributed by atoms with van der Waals surface area (Å²) in [7, 11) is 1.88. The predicted octanol–water partition coefficient (Wildman–Crippen LogP) is 0.853. The van der Waals surface area contributed by atoms with E-state index in [2.05, 4.69) is 10.1 Å². The summed E-state index contributed by atoms with van der Waals surface area (Å²) in [6.07, 6.45) is 5.38. The Morgan fingerprint density at radius 2 is 2.25 bits per heavy atom. The third-order valence-electron chi connectivity index (χ3n) is 2.17. The van der Waals surface area contributed by atoms with Crippen molar-refractivity contribution in [1.82, 2.24) is 14.8 Å². The number of pyridine rings is 1. The van der Waals surface area contributed by atoms with Crippen LogP contribution in [0.4, 0.5) is 0 Å². The summed E-state index contributed by atoms with van der Waals surface area (Å²) in [6.45, 7) is 0.945. The second kappa shape index (κ2) is 4.76. The maximum absolute atomic E-state index is 5.55. The minimum absolute atomic E-state index is 0.447. The number of nitrogens with zero attached hydrogens (tertiary/aromatic N) is 3. The van der Waals surface area contributed by atoms with Crippen LogP contribution >= 0.6 is 0 Å². The molecule has 0 radical (unpaired) electrons. The molecule has 2 aromatic heterocycles. The van der Waals surface area contributed by atoms with Crippen LogP contribution in [0.3, 0.4) is 0 Å². The van der Waals surface area contributed by atoms with Crippen molar-refractivity contribution in [3.63, 3.8) is 0 Å². The molecule has 5 heteroatoms. The van der Waals surface area contributed by atoms with Crippen molar-refractivity contribution in [1.29, 1.82) is 0 Å². The molecule has 2 heterocycles. The van der Waals surface area contributed by atoms with Crippen LogP contribution in [0.15, 0.2) is 30.7 Å². The number of rotatable bonds is 4. The summed E-state index contributed by atoms with van der Waals surface area (Å²) in [6, 6.07) is 3.73.